The van der Waals surface area contributed by atoms with Crippen molar-refractivity contribution in [1.82, 2.24) is 15.1 Å². The van der Waals surface area contributed by atoms with Gasteiger partial charge in [0.25, 0.3) is 5.91 Å². The number of hydrogen-bond acceptors (Lipinski definition) is 4. The Kier molecular flexibility index (Phi) is 5.71. The van der Waals surface area contributed by atoms with Crippen LogP contribution in [-0.2, 0) is 9.59 Å². The Morgan fingerprint density at radius 2 is 1.90 bits per heavy atom. The number of fused-ring (bicyclic) bond motifs is 1. The maximum atomic E-state index is 13.0. The molecule has 162 valence electrons. The Labute approximate surface area is 177 Å². The summed E-state index contributed by atoms with van der Waals surface area (Å²) >= 11 is 0. The highest BCUT2D eigenvalue weighted by molar-refractivity contribution is 5.97. The van der Waals surface area contributed by atoms with E-state index in [0.717, 1.165) is 19.3 Å². The van der Waals surface area contributed by atoms with Crippen LogP contribution in [0.25, 0.3) is 0 Å². The molecule has 30 heavy (non-hydrogen) atoms. The first-order valence-corrected chi connectivity index (χ1v) is 11.0. The lowest BCUT2D eigenvalue weighted by Crippen LogP contribution is -2.52. The van der Waals surface area contributed by atoms with Crippen LogP contribution in [0.3, 0.4) is 0 Å². The van der Waals surface area contributed by atoms with E-state index in [4.69, 9.17) is 4.74 Å². The van der Waals surface area contributed by atoms with E-state index in [0.29, 0.717) is 43.7 Å². The van der Waals surface area contributed by atoms with E-state index in [1.807, 2.05) is 17.0 Å². The van der Waals surface area contributed by atoms with Gasteiger partial charge in [0.05, 0.1) is 18.7 Å². The Morgan fingerprint density at radius 1 is 1.17 bits per heavy atom. The van der Waals surface area contributed by atoms with Gasteiger partial charge in [-0.15, -0.1) is 0 Å². The lowest BCUT2D eigenvalue weighted by Gasteiger charge is -2.40. The Balaban J connectivity index is 1.47. The zero-order chi connectivity index (χ0) is 21.3. The molecule has 0 aliphatic carbocycles. The summed E-state index contributed by atoms with van der Waals surface area (Å²) in [6.07, 6.45) is 4.56. The number of rotatable bonds is 2. The maximum Gasteiger partial charge on any atom is 0.255 e. The maximum absolute atomic E-state index is 13.0. The summed E-state index contributed by atoms with van der Waals surface area (Å²) < 4.78 is 6.33. The Bertz CT molecular complexity index is 831. The van der Waals surface area contributed by atoms with Gasteiger partial charge in [0.15, 0.2) is 0 Å². The number of nitrogens with zero attached hydrogens (tertiary/aromatic N) is 2. The number of carbonyl (C=O) groups excluding carboxylic acids is 3. The van der Waals surface area contributed by atoms with Gasteiger partial charge in [-0.3, -0.25) is 14.4 Å². The Hall–Kier alpha value is -2.57. The molecule has 7 nitrogen and oxygen atoms in total. The zero-order valence-electron chi connectivity index (χ0n) is 17.9. The van der Waals surface area contributed by atoms with Crippen LogP contribution in [-0.4, -0.2) is 64.8 Å². The van der Waals surface area contributed by atoms with Crippen LogP contribution in [0.1, 0.15) is 62.7 Å². The van der Waals surface area contributed by atoms with Gasteiger partial charge in [0.1, 0.15) is 11.4 Å². The number of carbonyl (C=O) groups is 3. The van der Waals surface area contributed by atoms with E-state index in [1.54, 1.807) is 17.0 Å². The predicted molar refractivity (Wildman–Crippen MR) is 112 cm³/mol. The summed E-state index contributed by atoms with van der Waals surface area (Å²) in [7, 11) is 0. The number of para-hydroxylation sites is 1. The van der Waals surface area contributed by atoms with Crippen LogP contribution in [0.5, 0.6) is 5.75 Å². The summed E-state index contributed by atoms with van der Waals surface area (Å²) in [6.45, 7) is 5.10. The molecule has 3 heterocycles. The van der Waals surface area contributed by atoms with Crippen LogP contribution in [0.2, 0.25) is 0 Å². The van der Waals surface area contributed by atoms with E-state index in [9.17, 15) is 14.4 Å². The van der Waals surface area contributed by atoms with E-state index in [2.05, 4.69) is 19.2 Å². The van der Waals surface area contributed by atoms with Gasteiger partial charge >= 0.3 is 0 Å². The molecule has 3 aliphatic heterocycles. The van der Waals surface area contributed by atoms with Gasteiger partial charge in [-0.05, 0) is 51.7 Å². The second-order valence-corrected chi connectivity index (χ2v) is 8.96. The molecule has 1 N–H and O–H groups in total. The minimum absolute atomic E-state index is 0.0231. The van der Waals surface area contributed by atoms with Crippen LogP contribution >= 0.6 is 0 Å². The van der Waals surface area contributed by atoms with Gasteiger partial charge < -0.3 is 19.9 Å². The number of benzene rings is 1. The highest BCUT2D eigenvalue weighted by atomic mass is 16.5. The standard InChI is InChI=1S/C23H31N3O4/c1-16-6-5-7-17(2)26(16)21(28)14-25-13-12-23(11-10-20(25)27)15-24-22(29)18-8-3-4-9-19(18)30-23/h3-4,8-9,16-17H,5-7,10-15H2,1-2H3,(H,24,29). The molecule has 3 unspecified atom stereocenters. The van der Waals surface area contributed by atoms with Crippen LogP contribution in [0.4, 0.5) is 0 Å². The van der Waals surface area contributed by atoms with Crippen LogP contribution < -0.4 is 10.1 Å². The number of amides is 3. The fraction of sp³-hybridized carbons (Fsp3) is 0.609. The van der Waals surface area contributed by atoms with Gasteiger partial charge in [-0.25, -0.2) is 0 Å². The first-order valence-electron chi connectivity index (χ1n) is 11.0. The summed E-state index contributed by atoms with van der Waals surface area (Å²) in [6, 6.07) is 7.64. The third kappa shape index (κ3) is 4.02. The van der Waals surface area contributed by atoms with Crippen molar-refractivity contribution in [2.24, 2.45) is 0 Å². The second-order valence-electron chi connectivity index (χ2n) is 8.96. The lowest BCUT2D eigenvalue weighted by molar-refractivity contribution is -0.144. The van der Waals surface area contributed by atoms with Gasteiger partial charge in [0.2, 0.25) is 11.8 Å². The number of nitrogens with one attached hydrogen (secondary N) is 1. The SMILES string of the molecule is CC1CCCC(C)N1C(=O)CN1CCC2(CCC1=O)CNC(=O)c1ccccc1O2. The Morgan fingerprint density at radius 3 is 2.67 bits per heavy atom. The first kappa shape index (κ1) is 20.7. The lowest BCUT2D eigenvalue weighted by atomic mass is 9.94. The number of likely N-dealkylation sites (tertiary alicyclic amines) is 2. The van der Waals surface area contributed by atoms with Gasteiger partial charge in [-0.2, -0.15) is 0 Å². The van der Waals surface area contributed by atoms with Gasteiger partial charge in [-0.1, -0.05) is 12.1 Å². The van der Waals surface area contributed by atoms with E-state index >= 15 is 0 Å². The minimum atomic E-state index is -0.637. The minimum Gasteiger partial charge on any atom is -0.485 e. The summed E-state index contributed by atoms with van der Waals surface area (Å²) in [5, 5.41) is 2.95. The molecular weight excluding hydrogens is 382 g/mol. The summed E-state index contributed by atoms with van der Waals surface area (Å²) in [5.41, 5.74) is -0.119. The van der Waals surface area contributed by atoms with Crippen LogP contribution in [0.15, 0.2) is 24.3 Å². The normalized spacial score (nSPS) is 29.5. The molecule has 4 rings (SSSR count). The van der Waals surface area contributed by atoms with Crippen molar-refractivity contribution in [3.63, 3.8) is 0 Å². The molecule has 3 atom stereocenters. The van der Waals surface area contributed by atoms with E-state index in [1.165, 1.54) is 0 Å². The average molecular weight is 414 g/mol. The fourth-order valence-corrected chi connectivity index (χ4v) is 5.03. The monoisotopic (exact) mass is 413 g/mol. The molecule has 1 aromatic carbocycles. The molecule has 0 saturated carbocycles. The first-order chi connectivity index (χ1) is 14.4. The molecule has 1 spiro atoms. The van der Waals surface area contributed by atoms with Crippen molar-refractivity contribution in [1.29, 1.82) is 0 Å². The van der Waals surface area contributed by atoms with Crippen molar-refractivity contribution in [3.05, 3.63) is 29.8 Å². The van der Waals surface area contributed by atoms with Crippen molar-refractivity contribution in [2.45, 2.75) is 70.1 Å². The number of ether oxygens (including phenoxy) is 1. The molecule has 1 aromatic rings. The van der Waals surface area contributed by atoms with Gasteiger partial charge in [0, 0.05) is 31.5 Å². The van der Waals surface area contributed by atoms with Crippen molar-refractivity contribution >= 4 is 17.7 Å². The van der Waals surface area contributed by atoms with Crippen molar-refractivity contribution in [2.75, 3.05) is 19.6 Å². The van der Waals surface area contributed by atoms with E-state index in [-0.39, 0.29) is 36.3 Å². The van der Waals surface area contributed by atoms with Crippen LogP contribution in [0, 0.1) is 0 Å². The largest absolute Gasteiger partial charge is 0.485 e. The second kappa shape index (κ2) is 8.28. The zero-order valence-corrected chi connectivity index (χ0v) is 17.9. The molecule has 2 saturated heterocycles. The van der Waals surface area contributed by atoms with E-state index < -0.39 is 5.60 Å². The molecule has 2 fully saturated rings. The number of piperidine rings is 1. The topological polar surface area (TPSA) is 79.0 Å². The fourth-order valence-electron chi connectivity index (χ4n) is 5.03. The summed E-state index contributed by atoms with van der Waals surface area (Å²) in [4.78, 5) is 41.9. The summed E-state index contributed by atoms with van der Waals surface area (Å²) in [5.74, 6) is 0.406. The smallest absolute Gasteiger partial charge is 0.255 e. The molecular formula is C23H31N3O4. The predicted octanol–water partition coefficient (Wildman–Crippen LogP) is 2.35. The molecule has 0 radical (unpaired) electrons. The molecule has 0 bridgehead atoms. The quantitative estimate of drug-likeness (QED) is 0.807. The molecule has 3 amide bonds. The molecule has 7 heteroatoms. The van der Waals surface area contributed by atoms with Crippen molar-refractivity contribution in [3.8, 4) is 5.75 Å². The third-order valence-electron chi connectivity index (χ3n) is 6.82. The number of hydrogen-bond donors (Lipinski definition) is 1. The molecule has 0 aromatic heterocycles. The molecule has 3 aliphatic rings. The third-order valence-corrected chi connectivity index (χ3v) is 6.82. The van der Waals surface area contributed by atoms with Crippen molar-refractivity contribution < 1.29 is 19.1 Å². The highest BCUT2D eigenvalue weighted by Crippen LogP contribution is 2.33. The highest BCUT2D eigenvalue weighted by Gasteiger charge is 2.41. The average Bonchev–Trinajstić information content (AvgIpc) is 2.96.